The molecule has 4 aliphatic carbocycles. The zero-order chi connectivity index (χ0) is 21.4. The number of oxime groups is 1. The van der Waals surface area contributed by atoms with Crippen molar-refractivity contribution in [3.05, 3.63) is 0 Å². The Balaban J connectivity index is 1.43. The van der Waals surface area contributed by atoms with Crippen molar-refractivity contribution in [1.29, 1.82) is 0 Å². The fraction of sp³-hybridized carbons (Fsp3) is 0.962. The summed E-state index contributed by atoms with van der Waals surface area (Å²) in [4.78, 5) is 7.70. The SMILES string of the molecule is CN(C)CCCO/N=C/CC1C[C@H](O)C[C@H]2CC[C@H]3[C@@H]4CCC[C@@]4(C)CC[C@@H]3[C@@]12C. The highest BCUT2D eigenvalue weighted by atomic mass is 16.6. The lowest BCUT2D eigenvalue weighted by Crippen LogP contribution is -2.56. The molecule has 4 saturated carbocycles. The molecule has 0 bridgehead atoms. The van der Waals surface area contributed by atoms with E-state index < -0.39 is 0 Å². The number of nitrogens with zero attached hydrogens (tertiary/aromatic N) is 2. The van der Waals surface area contributed by atoms with Gasteiger partial charge in [0.1, 0.15) is 6.61 Å². The van der Waals surface area contributed by atoms with E-state index in [-0.39, 0.29) is 6.10 Å². The predicted octanol–water partition coefficient (Wildman–Crippen LogP) is 5.35. The molecule has 1 unspecified atom stereocenters. The molecule has 0 aromatic rings. The van der Waals surface area contributed by atoms with Crippen molar-refractivity contribution < 1.29 is 9.94 Å². The van der Waals surface area contributed by atoms with Gasteiger partial charge in [-0.15, -0.1) is 0 Å². The van der Waals surface area contributed by atoms with E-state index in [0.717, 1.165) is 50.0 Å². The van der Waals surface area contributed by atoms with Crippen LogP contribution in [0.4, 0.5) is 0 Å². The lowest BCUT2D eigenvalue weighted by atomic mass is 9.42. The molecule has 4 nitrogen and oxygen atoms in total. The van der Waals surface area contributed by atoms with Crippen LogP contribution in [0.15, 0.2) is 5.16 Å². The summed E-state index contributed by atoms with van der Waals surface area (Å²) >= 11 is 0. The first-order valence-electron chi connectivity index (χ1n) is 12.8. The van der Waals surface area contributed by atoms with Gasteiger partial charge in [-0.25, -0.2) is 0 Å². The maximum absolute atomic E-state index is 10.7. The fourth-order valence-corrected chi connectivity index (χ4v) is 8.55. The number of rotatable bonds is 7. The molecule has 4 rings (SSSR count). The summed E-state index contributed by atoms with van der Waals surface area (Å²) in [5.41, 5.74) is 0.985. The van der Waals surface area contributed by atoms with E-state index in [2.05, 4.69) is 38.0 Å². The molecule has 0 aliphatic heterocycles. The van der Waals surface area contributed by atoms with Gasteiger partial charge in [-0.2, -0.15) is 0 Å². The van der Waals surface area contributed by atoms with Crippen molar-refractivity contribution in [2.24, 2.45) is 45.6 Å². The van der Waals surface area contributed by atoms with Gasteiger partial charge in [0.05, 0.1) is 6.10 Å². The third kappa shape index (κ3) is 4.20. The summed E-state index contributed by atoms with van der Waals surface area (Å²) in [6.07, 6.45) is 15.8. The first-order valence-corrected chi connectivity index (χ1v) is 12.8. The Morgan fingerprint density at radius 2 is 1.90 bits per heavy atom. The van der Waals surface area contributed by atoms with Crippen molar-refractivity contribution in [2.75, 3.05) is 27.2 Å². The summed E-state index contributed by atoms with van der Waals surface area (Å²) in [6.45, 7) is 6.92. The zero-order valence-corrected chi connectivity index (χ0v) is 20.0. The van der Waals surface area contributed by atoms with Gasteiger partial charge in [-0.3, -0.25) is 0 Å². The molecule has 4 heteroatoms. The Morgan fingerprint density at radius 3 is 2.70 bits per heavy atom. The summed E-state index contributed by atoms with van der Waals surface area (Å²) in [6, 6.07) is 0. The lowest BCUT2D eigenvalue weighted by Gasteiger charge is -2.63. The van der Waals surface area contributed by atoms with Crippen LogP contribution in [-0.4, -0.2) is 49.6 Å². The molecule has 0 spiro atoms. The molecule has 0 aromatic carbocycles. The van der Waals surface area contributed by atoms with Gasteiger partial charge >= 0.3 is 0 Å². The number of fused-ring (bicyclic) bond motifs is 5. The van der Waals surface area contributed by atoms with Crippen LogP contribution in [0.2, 0.25) is 0 Å². The Bertz CT molecular complexity index is 608. The van der Waals surface area contributed by atoms with Gasteiger partial charge in [0.2, 0.25) is 0 Å². The third-order valence-corrected chi connectivity index (χ3v) is 10.1. The highest BCUT2D eigenvalue weighted by molar-refractivity contribution is 5.57. The number of hydrogen-bond acceptors (Lipinski definition) is 4. The molecule has 30 heavy (non-hydrogen) atoms. The molecular formula is C26H46N2O2. The Morgan fingerprint density at radius 1 is 1.07 bits per heavy atom. The Labute approximate surface area is 184 Å². The van der Waals surface area contributed by atoms with Crippen LogP contribution in [0.5, 0.6) is 0 Å². The van der Waals surface area contributed by atoms with Crippen LogP contribution < -0.4 is 0 Å². The van der Waals surface area contributed by atoms with Crippen LogP contribution in [0.25, 0.3) is 0 Å². The molecule has 0 saturated heterocycles. The maximum atomic E-state index is 10.7. The van der Waals surface area contributed by atoms with E-state index in [4.69, 9.17) is 4.84 Å². The normalized spacial score (nSPS) is 45.9. The topological polar surface area (TPSA) is 45.1 Å². The van der Waals surface area contributed by atoms with E-state index in [1.807, 2.05) is 6.21 Å². The average Bonchev–Trinajstić information content (AvgIpc) is 3.09. The molecular weight excluding hydrogens is 372 g/mol. The van der Waals surface area contributed by atoms with E-state index in [9.17, 15) is 5.11 Å². The molecule has 0 radical (unpaired) electrons. The van der Waals surface area contributed by atoms with Crippen molar-refractivity contribution >= 4 is 6.21 Å². The zero-order valence-electron chi connectivity index (χ0n) is 20.0. The second kappa shape index (κ2) is 9.10. The van der Waals surface area contributed by atoms with Gasteiger partial charge in [0, 0.05) is 12.8 Å². The van der Waals surface area contributed by atoms with E-state index in [1.165, 1.54) is 44.9 Å². The minimum atomic E-state index is -0.126. The molecule has 172 valence electrons. The highest BCUT2D eigenvalue weighted by Crippen LogP contribution is 2.67. The number of hydrogen-bond donors (Lipinski definition) is 1. The third-order valence-electron chi connectivity index (χ3n) is 10.1. The summed E-state index contributed by atoms with van der Waals surface area (Å²) in [7, 11) is 4.18. The summed E-state index contributed by atoms with van der Waals surface area (Å²) in [5.74, 6) is 3.95. The minimum absolute atomic E-state index is 0.126. The maximum Gasteiger partial charge on any atom is 0.118 e. The van der Waals surface area contributed by atoms with Gasteiger partial charge in [-0.05, 0) is 119 Å². The summed E-state index contributed by atoms with van der Waals surface area (Å²) < 4.78 is 0. The first-order chi connectivity index (χ1) is 14.3. The molecule has 8 atom stereocenters. The van der Waals surface area contributed by atoms with Crippen molar-refractivity contribution in [3.63, 3.8) is 0 Å². The molecule has 4 fully saturated rings. The second-order valence-corrected chi connectivity index (χ2v) is 11.9. The van der Waals surface area contributed by atoms with Crippen molar-refractivity contribution in [1.82, 2.24) is 4.90 Å². The largest absolute Gasteiger partial charge is 0.396 e. The first kappa shape index (κ1) is 22.6. The van der Waals surface area contributed by atoms with Crippen LogP contribution in [0, 0.1) is 40.4 Å². The van der Waals surface area contributed by atoms with Crippen LogP contribution in [0.3, 0.4) is 0 Å². The molecule has 0 amide bonds. The second-order valence-electron chi connectivity index (χ2n) is 11.9. The number of aliphatic hydroxyl groups is 1. The highest BCUT2D eigenvalue weighted by Gasteiger charge is 2.60. The van der Waals surface area contributed by atoms with Crippen LogP contribution >= 0.6 is 0 Å². The Hall–Kier alpha value is -0.610. The predicted molar refractivity (Wildman–Crippen MR) is 123 cm³/mol. The molecule has 1 N–H and O–H groups in total. The monoisotopic (exact) mass is 418 g/mol. The quantitative estimate of drug-likeness (QED) is 0.344. The lowest BCUT2D eigenvalue weighted by molar-refractivity contribution is -0.150. The van der Waals surface area contributed by atoms with Gasteiger partial charge < -0.3 is 14.8 Å². The van der Waals surface area contributed by atoms with E-state index >= 15 is 0 Å². The molecule has 0 aromatic heterocycles. The standard InChI is InChI=1S/C26H46N2O2/c1-25-12-5-7-23(25)22-9-8-19-17-21(29)18-20(26(19,2)24(22)10-13-25)11-14-27-30-16-6-15-28(3)4/h14,19-24,29H,5-13,15-18H2,1-4H3/b27-14+/t19-,20?,21-,22+,23+,24+,25+,26-/m1/s1. The van der Waals surface area contributed by atoms with E-state index in [0.29, 0.717) is 29.3 Å². The van der Waals surface area contributed by atoms with Gasteiger partial charge in [0.25, 0.3) is 0 Å². The fourth-order valence-electron chi connectivity index (χ4n) is 8.55. The van der Waals surface area contributed by atoms with Crippen molar-refractivity contribution in [3.8, 4) is 0 Å². The minimum Gasteiger partial charge on any atom is -0.396 e. The summed E-state index contributed by atoms with van der Waals surface area (Å²) in [5, 5.41) is 15.0. The van der Waals surface area contributed by atoms with E-state index in [1.54, 1.807) is 0 Å². The van der Waals surface area contributed by atoms with Gasteiger partial charge in [-0.1, -0.05) is 25.4 Å². The molecule has 0 heterocycles. The smallest absolute Gasteiger partial charge is 0.118 e. The van der Waals surface area contributed by atoms with Crippen LogP contribution in [-0.2, 0) is 4.84 Å². The Kier molecular flexibility index (Phi) is 6.85. The molecule has 4 aliphatic rings. The van der Waals surface area contributed by atoms with Crippen LogP contribution in [0.1, 0.15) is 84.5 Å². The van der Waals surface area contributed by atoms with Crippen molar-refractivity contribution in [2.45, 2.75) is 90.6 Å². The average molecular weight is 419 g/mol. The van der Waals surface area contributed by atoms with Gasteiger partial charge in [0.15, 0.2) is 0 Å². The number of aliphatic hydroxyl groups excluding tert-OH is 1.